The fourth-order valence-corrected chi connectivity index (χ4v) is 7.18. The molecule has 0 N–H and O–H groups in total. The average molecular weight is 402 g/mol. The van der Waals surface area contributed by atoms with E-state index in [-0.39, 0.29) is 12.4 Å². The molecule has 5 heteroatoms. The average Bonchev–Trinajstić information content (AvgIpc) is 2.61. The maximum absolute atomic E-state index is 2.39. The van der Waals surface area contributed by atoms with Gasteiger partial charge in [-0.3, -0.25) is 0 Å². The van der Waals surface area contributed by atoms with Crippen LogP contribution in [0.25, 0.3) is 27.6 Å². The second-order valence-corrected chi connectivity index (χ2v) is 11.1. The highest BCUT2D eigenvalue weighted by molar-refractivity contribution is 7.72. The molecule has 3 nitrogen and oxygen atoms in total. The second kappa shape index (κ2) is 8.68. The fourth-order valence-electron chi connectivity index (χ4n) is 3.87. The molecule has 0 spiro atoms. The minimum absolute atomic E-state index is 0. The van der Waals surface area contributed by atoms with Crippen molar-refractivity contribution in [3.63, 3.8) is 0 Å². The van der Waals surface area contributed by atoms with Crippen molar-refractivity contribution in [3.05, 3.63) is 66.0 Å². The Morgan fingerprint density at radius 1 is 0.667 bits per heavy atom. The summed E-state index contributed by atoms with van der Waals surface area (Å²) in [7, 11) is 11.3. The number of fused-ring (bicyclic) bond motifs is 3. The molecule has 0 bridgehead atoms. The van der Waals surface area contributed by atoms with Crippen molar-refractivity contribution in [1.29, 1.82) is 0 Å². The van der Waals surface area contributed by atoms with Gasteiger partial charge in [0.05, 0.1) is 0 Å². The molecular weight excluding hydrogens is 373 g/mol. The molecule has 0 heterocycles. The molecule has 0 radical (unpaired) electrons. The molecule has 0 fully saturated rings. The third kappa shape index (κ3) is 3.89. The molecule has 0 aliphatic carbocycles. The summed E-state index contributed by atoms with van der Waals surface area (Å²) in [6.07, 6.45) is 2.31. The number of hydrogen-bond donors (Lipinski definition) is 0. The molecule has 3 aromatic carbocycles. The summed E-state index contributed by atoms with van der Waals surface area (Å²) in [4.78, 5) is 0. The SMILES string of the molecule is CN(C)[P+](/C=C/c1cc2ccccc2c2ccccc12)(N(C)C)N(C)C.[Cl-]. The van der Waals surface area contributed by atoms with Gasteiger partial charge in [-0.05, 0) is 39.3 Å². The number of benzene rings is 3. The van der Waals surface area contributed by atoms with E-state index in [9.17, 15) is 0 Å². The first kappa shape index (κ1) is 21.8. The standard InChI is InChI=1S/C22H29N3P.ClH/c1-23(2)26(24(3)4,25(5)6)16-15-19-17-18-11-7-8-12-20(18)22-14-10-9-13-21(19)22;/h7-17H,1-6H3;1H/q+1;/p-1/b16-15+;. The predicted octanol–water partition coefficient (Wildman–Crippen LogP) is 2.42. The highest BCUT2D eigenvalue weighted by Gasteiger charge is 2.45. The molecule has 0 saturated carbocycles. The van der Waals surface area contributed by atoms with Gasteiger partial charge in [0.2, 0.25) is 0 Å². The Morgan fingerprint density at radius 3 is 1.70 bits per heavy atom. The number of hydrogen-bond acceptors (Lipinski definition) is 3. The summed E-state index contributed by atoms with van der Waals surface area (Å²) < 4.78 is 7.02. The molecule has 0 saturated heterocycles. The Bertz CT molecular complexity index is 929. The quantitative estimate of drug-likeness (QED) is 0.480. The summed E-state index contributed by atoms with van der Waals surface area (Å²) in [5, 5.41) is 5.22. The Kier molecular flexibility index (Phi) is 7.02. The van der Waals surface area contributed by atoms with Gasteiger partial charge in [0, 0.05) is 42.3 Å². The van der Waals surface area contributed by atoms with Crippen LogP contribution in [0.2, 0.25) is 0 Å². The van der Waals surface area contributed by atoms with E-state index in [0.717, 1.165) is 0 Å². The van der Waals surface area contributed by atoms with E-state index in [2.05, 4.69) is 123 Å². The molecule has 27 heavy (non-hydrogen) atoms. The fraction of sp³-hybridized carbons (Fsp3) is 0.273. The number of nitrogens with zero attached hydrogens (tertiary/aromatic N) is 3. The van der Waals surface area contributed by atoms with Crippen molar-refractivity contribution in [2.75, 3.05) is 42.3 Å². The summed E-state index contributed by atoms with van der Waals surface area (Å²) >= 11 is 0. The lowest BCUT2D eigenvalue weighted by Crippen LogP contribution is -3.00. The number of halogens is 1. The minimum atomic E-state index is -1.70. The first-order valence-electron chi connectivity index (χ1n) is 8.90. The lowest BCUT2D eigenvalue weighted by Gasteiger charge is -2.37. The van der Waals surface area contributed by atoms with Crippen LogP contribution in [0.3, 0.4) is 0 Å². The van der Waals surface area contributed by atoms with Crippen molar-refractivity contribution >= 4 is 35.3 Å². The van der Waals surface area contributed by atoms with Gasteiger partial charge in [0.1, 0.15) is 5.82 Å². The van der Waals surface area contributed by atoms with Crippen LogP contribution in [0, 0.1) is 0 Å². The monoisotopic (exact) mass is 401 g/mol. The van der Waals surface area contributed by atoms with Crippen LogP contribution in [-0.2, 0) is 0 Å². The molecular formula is C22H29ClN3P. The van der Waals surface area contributed by atoms with Crippen LogP contribution in [0.4, 0.5) is 0 Å². The highest BCUT2D eigenvalue weighted by Crippen LogP contribution is 2.65. The van der Waals surface area contributed by atoms with Crippen LogP contribution >= 0.6 is 7.71 Å². The zero-order valence-corrected chi connectivity index (χ0v) is 18.7. The third-order valence-corrected chi connectivity index (χ3v) is 9.10. The van der Waals surface area contributed by atoms with Crippen LogP contribution in [-0.4, -0.2) is 56.3 Å². The molecule has 0 amide bonds. The molecule has 144 valence electrons. The summed E-state index contributed by atoms with van der Waals surface area (Å²) in [5.74, 6) is 2.39. The molecule has 0 aliphatic heterocycles. The normalized spacial score (nSPS) is 12.6. The lowest BCUT2D eigenvalue weighted by molar-refractivity contribution is -0.00000534. The van der Waals surface area contributed by atoms with Gasteiger partial charge in [0.25, 0.3) is 7.71 Å². The Balaban J connectivity index is 0.00000261. The third-order valence-electron chi connectivity index (χ3n) is 5.02. The van der Waals surface area contributed by atoms with E-state index >= 15 is 0 Å². The Morgan fingerprint density at radius 2 is 1.15 bits per heavy atom. The summed E-state index contributed by atoms with van der Waals surface area (Å²) in [6.45, 7) is 0. The van der Waals surface area contributed by atoms with Crippen LogP contribution < -0.4 is 12.4 Å². The number of rotatable bonds is 5. The summed E-state index contributed by atoms with van der Waals surface area (Å²) in [6, 6.07) is 19.6. The van der Waals surface area contributed by atoms with Gasteiger partial charge in [-0.25, -0.2) is 0 Å². The molecule has 3 aromatic rings. The van der Waals surface area contributed by atoms with E-state index in [4.69, 9.17) is 0 Å². The molecule has 0 unspecified atom stereocenters. The Labute approximate surface area is 170 Å². The van der Waals surface area contributed by atoms with Gasteiger partial charge in [0.15, 0.2) is 0 Å². The maximum atomic E-state index is 2.39. The van der Waals surface area contributed by atoms with Crippen molar-refractivity contribution in [2.24, 2.45) is 0 Å². The zero-order valence-electron chi connectivity index (χ0n) is 17.0. The summed E-state index contributed by atoms with van der Waals surface area (Å²) in [5.41, 5.74) is 1.27. The maximum Gasteiger partial charge on any atom is 0.253 e. The first-order chi connectivity index (χ1) is 12.4. The van der Waals surface area contributed by atoms with Gasteiger partial charge in [-0.2, -0.15) is 14.0 Å². The Hall–Kier alpha value is -1.48. The van der Waals surface area contributed by atoms with Crippen molar-refractivity contribution in [2.45, 2.75) is 0 Å². The highest BCUT2D eigenvalue weighted by atomic mass is 35.5. The van der Waals surface area contributed by atoms with E-state index < -0.39 is 7.71 Å². The van der Waals surface area contributed by atoms with E-state index in [1.165, 1.54) is 27.1 Å². The molecule has 3 rings (SSSR count). The topological polar surface area (TPSA) is 9.72 Å². The minimum Gasteiger partial charge on any atom is -1.00 e. The second-order valence-electron chi connectivity index (χ2n) is 7.20. The van der Waals surface area contributed by atoms with E-state index in [1.807, 2.05) is 0 Å². The van der Waals surface area contributed by atoms with Crippen molar-refractivity contribution in [1.82, 2.24) is 14.0 Å². The predicted molar refractivity (Wildman–Crippen MR) is 118 cm³/mol. The van der Waals surface area contributed by atoms with Crippen LogP contribution in [0.15, 0.2) is 60.4 Å². The molecule has 0 atom stereocenters. The largest absolute Gasteiger partial charge is 1.00 e. The van der Waals surface area contributed by atoms with E-state index in [1.54, 1.807) is 0 Å². The van der Waals surface area contributed by atoms with Gasteiger partial charge >= 0.3 is 0 Å². The van der Waals surface area contributed by atoms with Gasteiger partial charge in [-0.1, -0.05) is 48.5 Å². The zero-order chi connectivity index (χ0) is 18.9. The smallest absolute Gasteiger partial charge is 0.253 e. The van der Waals surface area contributed by atoms with Crippen LogP contribution in [0.5, 0.6) is 0 Å². The van der Waals surface area contributed by atoms with Crippen molar-refractivity contribution in [3.8, 4) is 0 Å². The van der Waals surface area contributed by atoms with Crippen LogP contribution in [0.1, 0.15) is 5.56 Å². The molecule has 0 aliphatic rings. The van der Waals surface area contributed by atoms with Gasteiger partial charge in [-0.15, -0.1) is 0 Å². The molecule has 0 aromatic heterocycles. The lowest BCUT2D eigenvalue weighted by atomic mass is 9.97. The van der Waals surface area contributed by atoms with E-state index in [0.29, 0.717) is 0 Å². The first-order valence-corrected chi connectivity index (χ1v) is 10.6. The van der Waals surface area contributed by atoms with Gasteiger partial charge < -0.3 is 12.4 Å². The van der Waals surface area contributed by atoms with Crippen molar-refractivity contribution < 1.29 is 12.4 Å².